The van der Waals surface area contributed by atoms with Gasteiger partial charge in [0.15, 0.2) is 5.92 Å². The Kier molecular flexibility index (Phi) is 6.09. The van der Waals surface area contributed by atoms with Crippen LogP contribution in [0, 0.1) is 5.92 Å². The number of piperazine rings is 1. The molecule has 2 heterocycles. The maximum atomic E-state index is 12.8. The van der Waals surface area contributed by atoms with Crippen LogP contribution in [0.4, 0.5) is 0 Å². The number of esters is 1. The molecule has 2 aliphatic rings. The molecule has 1 amide bonds. The van der Waals surface area contributed by atoms with Crippen LogP contribution in [-0.4, -0.2) is 60.9 Å². The fraction of sp³-hybridized carbons (Fsp3) is 0.348. The van der Waals surface area contributed by atoms with E-state index in [1.165, 1.54) is 12.7 Å². The van der Waals surface area contributed by atoms with E-state index in [0.29, 0.717) is 5.96 Å². The monoisotopic (exact) mass is 406 g/mol. The van der Waals surface area contributed by atoms with Crippen LogP contribution in [0.5, 0.6) is 0 Å². The van der Waals surface area contributed by atoms with Crippen LogP contribution < -0.4 is 5.32 Å². The summed E-state index contributed by atoms with van der Waals surface area (Å²) in [5.41, 5.74) is 2.11. The normalized spacial score (nSPS) is 22.2. The smallest absolute Gasteiger partial charge is 0.320 e. The van der Waals surface area contributed by atoms with Gasteiger partial charge in [-0.15, -0.1) is 0 Å². The van der Waals surface area contributed by atoms with Crippen molar-refractivity contribution in [3.05, 3.63) is 71.8 Å². The topological polar surface area (TPSA) is 74.2 Å². The van der Waals surface area contributed by atoms with E-state index in [0.717, 1.165) is 38.3 Å². The minimum atomic E-state index is -0.986. The zero-order valence-electron chi connectivity index (χ0n) is 17.0. The molecule has 1 N–H and O–H groups in total. The Morgan fingerprint density at radius 1 is 1.03 bits per heavy atom. The number of ether oxygens (including phenoxy) is 1. The summed E-state index contributed by atoms with van der Waals surface area (Å²) in [5, 5.41) is 2.83. The van der Waals surface area contributed by atoms with Crippen LogP contribution >= 0.6 is 0 Å². The van der Waals surface area contributed by atoms with Crippen molar-refractivity contribution in [1.29, 1.82) is 0 Å². The average Bonchev–Trinajstić information content (AvgIpc) is 2.80. The molecule has 0 unspecified atom stereocenters. The molecular formula is C23H26N4O3. The highest BCUT2D eigenvalue weighted by Gasteiger charge is 2.41. The maximum absolute atomic E-state index is 12.8. The van der Waals surface area contributed by atoms with E-state index in [1.54, 1.807) is 0 Å². The number of carbonyl (C=O) groups excluding carboxylic acids is 2. The third-order valence-corrected chi connectivity index (χ3v) is 5.61. The maximum Gasteiger partial charge on any atom is 0.320 e. The van der Waals surface area contributed by atoms with Gasteiger partial charge in [-0.05, 0) is 11.1 Å². The molecule has 0 radical (unpaired) electrons. The van der Waals surface area contributed by atoms with E-state index in [1.807, 2.05) is 36.4 Å². The molecule has 4 rings (SSSR count). The Balaban J connectivity index is 1.49. The second-order valence-corrected chi connectivity index (χ2v) is 7.55. The summed E-state index contributed by atoms with van der Waals surface area (Å²) >= 11 is 0. The van der Waals surface area contributed by atoms with Gasteiger partial charge in [-0.3, -0.25) is 19.8 Å². The van der Waals surface area contributed by atoms with Crippen LogP contribution in [0.1, 0.15) is 17.2 Å². The Morgan fingerprint density at radius 3 is 2.30 bits per heavy atom. The fourth-order valence-electron chi connectivity index (χ4n) is 3.97. The van der Waals surface area contributed by atoms with E-state index in [9.17, 15) is 9.59 Å². The molecule has 0 spiro atoms. The predicted molar refractivity (Wildman–Crippen MR) is 114 cm³/mol. The Labute approximate surface area is 176 Å². The van der Waals surface area contributed by atoms with Crippen LogP contribution in [0.25, 0.3) is 0 Å². The number of benzene rings is 2. The van der Waals surface area contributed by atoms with Gasteiger partial charge in [0, 0.05) is 32.7 Å². The van der Waals surface area contributed by atoms with Crippen LogP contribution in [-0.2, 0) is 20.9 Å². The highest BCUT2D eigenvalue weighted by atomic mass is 16.5. The van der Waals surface area contributed by atoms with Gasteiger partial charge in [-0.1, -0.05) is 60.7 Å². The molecule has 2 aromatic rings. The van der Waals surface area contributed by atoms with Gasteiger partial charge in [0.25, 0.3) is 0 Å². The number of carbonyl (C=O) groups is 2. The van der Waals surface area contributed by atoms with Crippen molar-refractivity contribution in [2.45, 2.75) is 12.6 Å². The summed E-state index contributed by atoms with van der Waals surface area (Å²) < 4.78 is 4.87. The third kappa shape index (κ3) is 4.36. The molecule has 0 saturated carbocycles. The first kappa shape index (κ1) is 20.1. The second-order valence-electron chi connectivity index (χ2n) is 7.55. The molecule has 1 fully saturated rings. The number of aliphatic imine (C=N–C) groups is 1. The van der Waals surface area contributed by atoms with Crippen LogP contribution in [0.2, 0.25) is 0 Å². The highest BCUT2D eigenvalue weighted by molar-refractivity contribution is 6.08. The molecule has 7 nitrogen and oxygen atoms in total. The predicted octanol–water partition coefficient (Wildman–Crippen LogP) is 1.82. The van der Waals surface area contributed by atoms with Crippen molar-refractivity contribution in [2.24, 2.45) is 10.9 Å². The fourth-order valence-corrected chi connectivity index (χ4v) is 3.97. The van der Waals surface area contributed by atoms with Gasteiger partial charge in [0.1, 0.15) is 6.04 Å². The molecule has 2 aliphatic heterocycles. The second kappa shape index (κ2) is 9.09. The van der Waals surface area contributed by atoms with Crippen molar-refractivity contribution in [3.63, 3.8) is 0 Å². The summed E-state index contributed by atoms with van der Waals surface area (Å²) in [7, 11) is 1.29. The molecular weight excluding hydrogens is 380 g/mol. The molecule has 156 valence electrons. The number of hydrogen-bond donors (Lipinski definition) is 1. The Bertz CT molecular complexity index is 909. The van der Waals surface area contributed by atoms with Crippen molar-refractivity contribution in [2.75, 3.05) is 33.3 Å². The van der Waals surface area contributed by atoms with Crippen molar-refractivity contribution < 1.29 is 14.3 Å². The number of nitrogens with zero attached hydrogens (tertiary/aromatic N) is 3. The molecule has 30 heavy (non-hydrogen) atoms. The standard InChI is InChI=1S/C23H26N4O3/c1-30-22(29)19-20(18-10-6-3-7-11-18)24-23(25-21(19)28)27-14-12-26(13-15-27)16-17-8-4-2-5-9-17/h2-11,19-20H,12-16H2,1H3,(H,24,25,28)/t19-,20-/m1/s1. The Hall–Kier alpha value is -3.19. The molecule has 0 aliphatic carbocycles. The number of guanidine groups is 1. The SMILES string of the molecule is COC(=O)[C@H]1C(=O)NC(N2CCN(Cc3ccccc3)CC2)=N[C@@H]1c1ccccc1. The summed E-state index contributed by atoms with van der Waals surface area (Å²) in [4.78, 5) is 34.3. The number of amides is 1. The third-order valence-electron chi connectivity index (χ3n) is 5.61. The lowest BCUT2D eigenvalue weighted by molar-refractivity contribution is -0.151. The molecule has 2 atom stereocenters. The lowest BCUT2D eigenvalue weighted by Gasteiger charge is -2.39. The minimum Gasteiger partial charge on any atom is -0.468 e. The van der Waals surface area contributed by atoms with Gasteiger partial charge in [-0.2, -0.15) is 0 Å². The van der Waals surface area contributed by atoms with E-state index in [4.69, 9.17) is 9.73 Å². The summed E-state index contributed by atoms with van der Waals surface area (Å²) in [5.74, 6) is -1.39. The highest BCUT2D eigenvalue weighted by Crippen LogP contribution is 2.30. The largest absolute Gasteiger partial charge is 0.468 e. The molecule has 0 bridgehead atoms. The number of methoxy groups -OCH3 is 1. The van der Waals surface area contributed by atoms with E-state index >= 15 is 0 Å². The van der Waals surface area contributed by atoms with Crippen molar-refractivity contribution >= 4 is 17.8 Å². The van der Waals surface area contributed by atoms with E-state index in [2.05, 4.69) is 39.4 Å². The van der Waals surface area contributed by atoms with E-state index < -0.39 is 17.9 Å². The number of nitrogens with one attached hydrogen (secondary N) is 1. The number of rotatable bonds is 4. The van der Waals surface area contributed by atoms with E-state index in [-0.39, 0.29) is 5.91 Å². The van der Waals surface area contributed by atoms with Crippen molar-refractivity contribution in [3.8, 4) is 0 Å². The molecule has 7 heteroatoms. The Morgan fingerprint density at radius 2 is 1.67 bits per heavy atom. The quantitative estimate of drug-likeness (QED) is 0.619. The lowest BCUT2D eigenvalue weighted by Crippen LogP contribution is -2.57. The first-order chi connectivity index (χ1) is 14.7. The van der Waals surface area contributed by atoms with Gasteiger partial charge < -0.3 is 9.64 Å². The zero-order valence-corrected chi connectivity index (χ0v) is 17.0. The van der Waals surface area contributed by atoms with Crippen molar-refractivity contribution in [1.82, 2.24) is 15.1 Å². The van der Waals surface area contributed by atoms with Gasteiger partial charge in [0.2, 0.25) is 11.9 Å². The van der Waals surface area contributed by atoms with Gasteiger partial charge in [0.05, 0.1) is 7.11 Å². The first-order valence-electron chi connectivity index (χ1n) is 10.2. The summed E-state index contributed by atoms with van der Waals surface area (Å²) in [6.45, 7) is 4.18. The first-order valence-corrected chi connectivity index (χ1v) is 10.2. The molecule has 0 aromatic heterocycles. The lowest BCUT2D eigenvalue weighted by atomic mass is 9.91. The average molecular weight is 406 g/mol. The van der Waals surface area contributed by atoms with Crippen LogP contribution in [0.3, 0.4) is 0 Å². The minimum absolute atomic E-state index is 0.368. The van der Waals surface area contributed by atoms with Gasteiger partial charge in [-0.25, -0.2) is 4.99 Å². The summed E-state index contributed by atoms with van der Waals surface area (Å²) in [6.07, 6.45) is 0. The van der Waals surface area contributed by atoms with Gasteiger partial charge >= 0.3 is 5.97 Å². The molecule has 2 aromatic carbocycles. The molecule has 1 saturated heterocycles. The van der Waals surface area contributed by atoms with Crippen LogP contribution in [0.15, 0.2) is 65.7 Å². The zero-order chi connectivity index (χ0) is 20.9. The summed E-state index contributed by atoms with van der Waals surface area (Å²) in [6, 6.07) is 19.2. The number of hydrogen-bond acceptors (Lipinski definition) is 6.